The Morgan fingerprint density at radius 1 is 1.33 bits per heavy atom. The van der Waals surface area contributed by atoms with Crippen LogP contribution < -0.4 is 10.1 Å². The van der Waals surface area contributed by atoms with E-state index in [1.165, 1.54) is 11.3 Å². The molecule has 0 aliphatic heterocycles. The first-order valence-electron chi connectivity index (χ1n) is 6.52. The lowest BCUT2D eigenvalue weighted by atomic mass is 10.2. The zero-order valence-electron chi connectivity index (χ0n) is 12.0. The minimum atomic E-state index is -0.658. The minimum absolute atomic E-state index is 0.276. The van der Waals surface area contributed by atoms with E-state index in [0.29, 0.717) is 15.9 Å². The Balaban J connectivity index is 1.95. The summed E-state index contributed by atoms with van der Waals surface area (Å²) in [5.41, 5.74) is 0. The number of aromatic nitrogens is 2. The van der Waals surface area contributed by atoms with Crippen LogP contribution in [0.2, 0.25) is 5.02 Å². The molecule has 0 aliphatic rings. The number of nitrogens with one attached hydrogen (secondary N) is 1. The fraction of sp³-hybridized carbons (Fsp3) is 0.357. The van der Waals surface area contributed by atoms with Gasteiger partial charge in [0.2, 0.25) is 5.13 Å². The summed E-state index contributed by atoms with van der Waals surface area (Å²) >= 11 is 7.24. The smallest absolute Gasteiger partial charge is 0.266 e. The first-order chi connectivity index (χ1) is 9.95. The van der Waals surface area contributed by atoms with Gasteiger partial charge < -0.3 is 4.74 Å². The molecule has 21 heavy (non-hydrogen) atoms. The molecule has 1 amide bonds. The normalized spacial score (nSPS) is 12.2. The predicted molar refractivity (Wildman–Crippen MR) is 84.2 cm³/mol. The maximum absolute atomic E-state index is 12.1. The molecular weight excluding hydrogens is 310 g/mol. The number of halogens is 1. The third-order valence-electron chi connectivity index (χ3n) is 2.64. The number of amides is 1. The molecule has 0 spiro atoms. The van der Waals surface area contributed by atoms with Crippen molar-refractivity contribution in [1.29, 1.82) is 0 Å². The van der Waals surface area contributed by atoms with Gasteiger partial charge in [-0.3, -0.25) is 10.1 Å². The van der Waals surface area contributed by atoms with Gasteiger partial charge in [0.15, 0.2) is 6.10 Å². The van der Waals surface area contributed by atoms with E-state index in [2.05, 4.69) is 15.5 Å². The molecular formula is C14H16ClN3O2S. The highest BCUT2D eigenvalue weighted by Gasteiger charge is 2.17. The summed E-state index contributed by atoms with van der Waals surface area (Å²) in [5, 5.41) is 12.6. The summed E-state index contributed by atoms with van der Waals surface area (Å²) in [4.78, 5) is 12.1. The van der Waals surface area contributed by atoms with Crippen molar-refractivity contribution in [1.82, 2.24) is 10.2 Å². The molecule has 1 N–H and O–H groups in total. The highest BCUT2D eigenvalue weighted by Crippen LogP contribution is 2.23. The Hall–Kier alpha value is -1.66. The first-order valence-corrected chi connectivity index (χ1v) is 7.71. The average molecular weight is 326 g/mol. The molecule has 1 aromatic heterocycles. The molecule has 0 saturated heterocycles. The van der Waals surface area contributed by atoms with E-state index in [9.17, 15) is 4.79 Å². The number of anilines is 1. The SMILES string of the molecule is CC(Oc1cccc(Cl)c1)C(=O)Nc1nnc(C(C)C)s1. The van der Waals surface area contributed by atoms with E-state index in [-0.39, 0.29) is 11.8 Å². The third-order valence-corrected chi connectivity index (χ3v) is 4.02. The Morgan fingerprint density at radius 2 is 2.10 bits per heavy atom. The zero-order chi connectivity index (χ0) is 15.4. The van der Waals surface area contributed by atoms with Crippen LogP contribution in [0.3, 0.4) is 0 Å². The van der Waals surface area contributed by atoms with E-state index in [0.717, 1.165) is 5.01 Å². The van der Waals surface area contributed by atoms with E-state index in [4.69, 9.17) is 16.3 Å². The summed E-state index contributed by atoms with van der Waals surface area (Å²) < 4.78 is 5.54. The molecule has 2 rings (SSSR count). The lowest BCUT2D eigenvalue weighted by Crippen LogP contribution is -2.30. The summed E-state index contributed by atoms with van der Waals surface area (Å²) in [6, 6.07) is 6.92. The summed E-state index contributed by atoms with van der Waals surface area (Å²) in [6.07, 6.45) is -0.658. The van der Waals surface area contributed by atoms with Gasteiger partial charge >= 0.3 is 0 Å². The van der Waals surface area contributed by atoms with E-state index < -0.39 is 6.10 Å². The Morgan fingerprint density at radius 3 is 2.71 bits per heavy atom. The molecule has 0 radical (unpaired) electrons. The lowest BCUT2D eigenvalue weighted by Gasteiger charge is -2.13. The number of carbonyl (C=O) groups excluding carboxylic acids is 1. The fourth-order valence-corrected chi connectivity index (χ4v) is 2.45. The molecule has 1 atom stereocenters. The molecule has 0 saturated carbocycles. The van der Waals surface area contributed by atoms with E-state index >= 15 is 0 Å². The molecule has 0 fully saturated rings. The van der Waals surface area contributed by atoms with Crippen LogP contribution in [0.15, 0.2) is 24.3 Å². The molecule has 0 bridgehead atoms. The third kappa shape index (κ3) is 4.41. The van der Waals surface area contributed by atoms with E-state index in [1.807, 2.05) is 13.8 Å². The minimum Gasteiger partial charge on any atom is -0.481 e. The second kappa shape index (κ2) is 6.87. The Bertz CT molecular complexity index is 630. The maximum Gasteiger partial charge on any atom is 0.266 e. The van der Waals surface area contributed by atoms with Crippen molar-refractivity contribution in [2.75, 3.05) is 5.32 Å². The van der Waals surface area contributed by atoms with Gasteiger partial charge in [0.25, 0.3) is 5.91 Å². The number of hydrogen-bond acceptors (Lipinski definition) is 5. The van der Waals surface area contributed by atoms with Crippen molar-refractivity contribution in [2.45, 2.75) is 32.8 Å². The number of rotatable bonds is 5. The summed E-state index contributed by atoms with van der Waals surface area (Å²) in [6.45, 7) is 5.72. The van der Waals surface area contributed by atoms with Gasteiger partial charge in [0.05, 0.1) is 0 Å². The van der Waals surface area contributed by atoms with Crippen LogP contribution in [0.25, 0.3) is 0 Å². The Labute approximate surface area is 132 Å². The Kier molecular flexibility index (Phi) is 5.14. The van der Waals surface area contributed by atoms with Gasteiger partial charge in [-0.15, -0.1) is 10.2 Å². The molecule has 2 aromatic rings. The molecule has 1 unspecified atom stereocenters. The standard InChI is InChI=1S/C14H16ClN3O2S/c1-8(2)13-17-18-14(21-13)16-12(19)9(3)20-11-6-4-5-10(15)7-11/h4-9H,1-3H3,(H,16,18,19). The molecule has 0 aliphatic carbocycles. The van der Waals surface area contributed by atoms with Crippen LogP contribution in [-0.2, 0) is 4.79 Å². The zero-order valence-corrected chi connectivity index (χ0v) is 13.5. The van der Waals surface area contributed by atoms with Crippen molar-refractivity contribution in [3.63, 3.8) is 0 Å². The number of nitrogens with zero attached hydrogens (tertiary/aromatic N) is 2. The average Bonchev–Trinajstić information content (AvgIpc) is 2.87. The molecule has 7 heteroatoms. The summed E-state index contributed by atoms with van der Waals surface area (Å²) in [5.74, 6) is 0.556. The van der Waals surface area contributed by atoms with Crippen molar-refractivity contribution >= 4 is 34.0 Å². The van der Waals surface area contributed by atoms with Crippen LogP contribution in [0.1, 0.15) is 31.7 Å². The van der Waals surface area contributed by atoms with Crippen molar-refractivity contribution in [2.24, 2.45) is 0 Å². The van der Waals surface area contributed by atoms with Crippen LogP contribution >= 0.6 is 22.9 Å². The second-order valence-electron chi connectivity index (χ2n) is 4.81. The van der Waals surface area contributed by atoms with E-state index in [1.54, 1.807) is 31.2 Å². The summed E-state index contributed by atoms with van der Waals surface area (Å²) in [7, 11) is 0. The van der Waals surface area contributed by atoms with Gasteiger partial charge in [0.1, 0.15) is 10.8 Å². The largest absolute Gasteiger partial charge is 0.481 e. The van der Waals surface area contributed by atoms with Crippen molar-refractivity contribution < 1.29 is 9.53 Å². The van der Waals surface area contributed by atoms with Gasteiger partial charge in [-0.25, -0.2) is 0 Å². The molecule has 5 nitrogen and oxygen atoms in total. The second-order valence-corrected chi connectivity index (χ2v) is 6.25. The van der Waals surface area contributed by atoms with Gasteiger partial charge in [-0.1, -0.05) is 42.9 Å². The van der Waals surface area contributed by atoms with Gasteiger partial charge in [-0.05, 0) is 25.1 Å². The van der Waals surface area contributed by atoms with Crippen LogP contribution in [0.5, 0.6) is 5.75 Å². The number of carbonyl (C=O) groups is 1. The number of hydrogen-bond donors (Lipinski definition) is 1. The monoisotopic (exact) mass is 325 g/mol. The first kappa shape index (κ1) is 15.7. The van der Waals surface area contributed by atoms with Crippen LogP contribution in [0, 0.1) is 0 Å². The van der Waals surface area contributed by atoms with Gasteiger partial charge in [-0.2, -0.15) is 0 Å². The fourth-order valence-electron chi connectivity index (χ4n) is 1.52. The highest BCUT2D eigenvalue weighted by molar-refractivity contribution is 7.15. The van der Waals surface area contributed by atoms with Crippen LogP contribution in [0.4, 0.5) is 5.13 Å². The molecule has 1 heterocycles. The lowest BCUT2D eigenvalue weighted by molar-refractivity contribution is -0.122. The molecule has 1 aromatic carbocycles. The number of ether oxygens (including phenoxy) is 1. The number of benzene rings is 1. The topological polar surface area (TPSA) is 64.1 Å². The van der Waals surface area contributed by atoms with Crippen molar-refractivity contribution in [3.8, 4) is 5.75 Å². The predicted octanol–water partition coefficient (Wildman–Crippen LogP) is 3.72. The van der Waals surface area contributed by atoms with Gasteiger partial charge in [0, 0.05) is 10.9 Å². The molecule has 112 valence electrons. The van der Waals surface area contributed by atoms with Crippen molar-refractivity contribution in [3.05, 3.63) is 34.3 Å². The van der Waals surface area contributed by atoms with Crippen LogP contribution in [-0.4, -0.2) is 22.2 Å². The highest BCUT2D eigenvalue weighted by atomic mass is 35.5. The quantitative estimate of drug-likeness (QED) is 0.910. The maximum atomic E-state index is 12.1.